The van der Waals surface area contributed by atoms with Crippen LogP contribution in [0.2, 0.25) is 5.15 Å². The van der Waals surface area contributed by atoms with Gasteiger partial charge in [-0.25, -0.2) is 4.98 Å². The first-order chi connectivity index (χ1) is 11.6. The van der Waals surface area contributed by atoms with Gasteiger partial charge in [0.1, 0.15) is 22.2 Å². The number of rotatable bonds is 4. The third-order valence-corrected chi connectivity index (χ3v) is 4.32. The number of hydrogen-bond acceptors (Lipinski definition) is 4. The number of carbonyl (C=O) groups is 1. The fourth-order valence-electron chi connectivity index (χ4n) is 2.05. The molecule has 0 aliphatic carbocycles. The number of pyridine rings is 2. The topological polar surface area (TPSA) is 64.0 Å². The molecule has 0 saturated carbocycles. The molecule has 2 aromatic heterocycles. The summed E-state index contributed by atoms with van der Waals surface area (Å²) in [7, 11) is 0.983. The summed E-state index contributed by atoms with van der Waals surface area (Å²) >= 11 is 7.15. The zero-order valence-electron chi connectivity index (χ0n) is 13.1. The number of anilines is 1. The minimum atomic E-state index is -4.67. The molecule has 0 aliphatic heterocycles. The molecule has 5 nitrogen and oxygen atoms in total. The molecule has 10 heteroatoms. The Morgan fingerprint density at radius 3 is 2.60 bits per heavy atom. The SMILES string of the molecule is CCSc1ccc(Cl)nc1C(=O)Nc1ccc(C(F)(F)F)n(C)c1=O. The van der Waals surface area contributed by atoms with E-state index >= 15 is 0 Å². The molecular weight excluding hydrogens is 379 g/mol. The van der Waals surface area contributed by atoms with E-state index in [1.54, 1.807) is 6.07 Å². The normalized spacial score (nSPS) is 11.4. The molecule has 134 valence electrons. The Hall–Kier alpha value is -2.00. The van der Waals surface area contributed by atoms with Crippen LogP contribution in [-0.4, -0.2) is 21.2 Å². The average Bonchev–Trinajstić information content (AvgIpc) is 2.52. The van der Waals surface area contributed by atoms with Gasteiger partial charge < -0.3 is 9.88 Å². The second kappa shape index (κ2) is 7.49. The van der Waals surface area contributed by atoms with Gasteiger partial charge >= 0.3 is 6.18 Å². The van der Waals surface area contributed by atoms with Gasteiger partial charge in [0, 0.05) is 11.9 Å². The van der Waals surface area contributed by atoms with E-state index in [9.17, 15) is 22.8 Å². The molecule has 0 spiro atoms. The van der Waals surface area contributed by atoms with E-state index < -0.39 is 23.3 Å². The van der Waals surface area contributed by atoms with Gasteiger partial charge in [0.15, 0.2) is 0 Å². The summed E-state index contributed by atoms with van der Waals surface area (Å²) < 4.78 is 38.8. The highest BCUT2D eigenvalue weighted by Crippen LogP contribution is 2.28. The maximum absolute atomic E-state index is 12.8. The molecule has 0 atom stereocenters. The van der Waals surface area contributed by atoms with E-state index in [1.807, 2.05) is 6.92 Å². The van der Waals surface area contributed by atoms with E-state index in [4.69, 9.17) is 11.6 Å². The number of alkyl halides is 3. The molecular formula is C15H13ClF3N3O2S. The zero-order chi connectivity index (χ0) is 18.8. The summed E-state index contributed by atoms with van der Waals surface area (Å²) in [6.07, 6.45) is -4.67. The molecule has 0 aliphatic rings. The standard InChI is InChI=1S/C15H13ClF3N3O2S/c1-3-25-9-5-7-11(16)21-12(9)13(23)20-8-4-6-10(15(17,18)19)22(2)14(8)24/h4-7H,3H2,1-2H3,(H,20,23). The van der Waals surface area contributed by atoms with E-state index in [2.05, 4.69) is 10.3 Å². The highest BCUT2D eigenvalue weighted by atomic mass is 35.5. The van der Waals surface area contributed by atoms with Crippen LogP contribution in [0, 0.1) is 0 Å². The van der Waals surface area contributed by atoms with E-state index in [-0.39, 0.29) is 16.5 Å². The number of aromatic nitrogens is 2. The van der Waals surface area contributed by atoms with Crippen molar-refractivity contribution in [3.05, 3.63) is 51.2 Å². The average molecular weight is 392 g/mol. The lowest BCUT2D eigenvalue weighted by atomic mass is 10.3. The van der Waals surface area contributed by atoms with Gasteiger partial charge in [-0.05, 0) is 30.0 Å². The molecule has 0 radical (unpaired) electrons. The Balaban J connectivity index is 2.38. The molecule has 1 N–H and O–H groups in total. The molecule has 0 saturated heterocycles. The molecule has 0 bridgehead atoms. The Labute approximate surface area is 150 Å². The summed E-state index contributed by atoms with van der Waals surface area (Å²) in [4.78, 5) is 29.0. The van der Waals surface area contributed by atoms with Crippen LogP contribution in [0.5, 0.6) is 0 Å². The minimum Gasteiger partial charge on any atom is -0.316 e. The van der Waals surface area contributed by atoms with Crippen LogP contribution in [0.25, 0.3) is 0 Å². The molecule has 1 amide bonds. The third kappa shape index (κ3) is 4.35. The third-order valence-electron chi connectivity index (χ3n) is 3.18. The number of carbonyl (C=O) groups excluding carboxylic acids is 1. The van der Waals surface area contributed by atoms with E-state index in [0.717, 1.165) is 19.2 Å². The van der Waals surface area contributed by atoms with E-state index in [0.29, 0.717) is 15.2 Å². The van der Waals surface area contributed by atoms with E-state index in [1.165, 1.54) is 17.8 Å². The van der Waals surface area contributed by atoms with Crippen molar-refractivity contribution in [3.63, 3.8) is 0 Å². The number of halogens is 4. The number of nitrogens with one attached hydrogen (secondary N) is 1. The fourth-order valence-corrected chi connectivity index (χ4v) is 2.95. The molecule has 0 fully saturated rings. The van der Waals surface area contributed by atoms with Gasteiger partial charge in [-0.3, -0.25) is 9.59 Å². The molecule has 2 aromatic rings. The second-order valence-electron chi connectivity index (χ2n) is 4.86. The second-order valence-corrected chi connectivity index (χ2v) is 6.56. The smallest absolute Gasteiger partial charge is 0.316 e. The molecule has 0 unspecified atom stereocenters. The number of hydrogen-bond donors (Lipinski definition) is 1. The van der Waals surface area contributed by atoms with Gasteiger partial charge in [0.05, 0.1) is 0 Å². The van der Waals surface area contributed by atoms with Crippen molar-refractivity contribution in [3.8, 4) is 0 Å². The first-order valence-corrected chi connectivity index (χ1v) is 8.39. The maximum Gasteiger partial charge on any atom is 0.431 e. The summed E-state index contributed by atoms with van der Waals surface area (Å²) in [5.74, 6) is -0.0543. The van der Waals surface area contributed by atoms with Crippen molar-refractivity contribution >= 4 is 35.0 Å². The minimum absolute atomic E-state index is 0.00120. The predicted octanol–water partition coefficient (Wildman–Crippen LogP) is 3.82. The van der Waals surface area contributed by atoms with Crippen molar-refractivity contribution < 1.29 is 18.0 Å². The molecule has 25 heavy (non-hydrogen) atoms. The number of amides is 1. The van der Waals surface area contributed by atoms with Crippen LogP contribution in [0.1, 0.15) is 23.1 Å². The zero-order valence-corrected chi connectivity index (χ0v) is 14.7. The lowest BCUT2D eigenvalue weighted by molar-refractivity contribution is -0.143. The van der Waals surface area contributed by atoms with Gasteiger partial charge in [-0.1, -0.05) is 18.5 Å². The largest absolute Gasteiger partial charge is 0.431 e. The van der Waals surface area contributed by atoms with Crippen molar-refractivity contribution in [1.29, 1.82) is 0 Å². The molecule has 2 rings (SSSR count). The van der Waals surface area contributed by atoms with Crippen molar-refractivity contribution in [1.82, 2.24) is 9.55 Å². The highest BCUT2D eigenvalue weighted by molar-refractivity contribution is 7.99. The van der Waals surface area contributed by atoms with Crippen LogP contribution in [0.3, 0.4) is 0 Å². The van der Waals surface area contributed by atoms with Crippen molar-refractivity contribution in [2.45, 2.75) is 18.0 Å². The van der Waals surface area contributed by atoms with Crippen LogP contribution < -0.4 is 10.9 Å². The summed E-state index contributed by atoms with van der Waals surface area (Å²) in [5, 5.41) is 2.39. The number of nitrogens with zero attached hydrogens (tertiary/aromatic N) is 2. The van der Waals surface area contributed by atoms with Gasteiger partial charge in [-0.15, -0.1) is 11.8 Å². The Morgan fingerprint density at radius 1 is 1.32 bits per heavy atom. The van der Waals surface area contributed by atoms with Crippen LogP contribution in [0.4, 0.5) is 18.9 Å². The van der Waals surface area contributed by atoms with Crippen molar-refractivity contribution in [2.24, 2.45) is 7.05 Å². The van der Waals surface area contributed by atoms with Gasteiger partial charge in [-0.2, -0.15) is 13.2 Å². The maximum atomic E-state index is 12.8. The van der Waals surface area contributed by atoms with Crippen LogP contribution in [0.15, 0.2) is 34.0 Å². The first kappa shape index (κ1) is 19.3. The lowest BCUT2D eigenvalue weighted by Crippen LogP contribution is -2.29. The highest BCUT2D eigenvalue weighted by Gasteiger charge is 2.34. The number of thioether (sulfide) groups is 1. The summed E-state index contributed by atoms with van der Waals surface area (Å²) in [5.41, 5.74) is -2.37. The monoisotopic (exact) mass is 391 g/mol. The quantitative estimate of drug-likeness (QED) is 0.635. The molecule has 2 heterocycles. The molecule has 0 aromatic carbocycles. The van der Waals surface area contributed by atoms with Crippen LogP contribution in [-0.2, 0) is 13.2 Å². The van der Waals surface area contributed by atoms with Crippen molar-refractivity contribution in [2.75, 3.05) is 11.1 Å². The summed E-state index contributed by atoms with van der Waals surface area (Å²) in [6.45, 7) is 1.88. The van der Waals surface area contributed by atoms with Gasteiger partial charge in [0.25, 0.3) is 11.5 Å². The fraction of sp³-hybridized carbons (Fsp3) is 0.267. The first-order valence-electron chi connectivity index (χ1n) is 7.03. The Morgan fingerprint density at radius 2 is 2.00 bits per heavy atom. The Kier molecular flexibility index (Phi) is 5.79. The Bertz CT molecular complexity index is 868. The lowest BCUT2D eigenvalue weighted by Gasteiger charge is -2.14. The predicted molar refractivity (Wildman–Crippen MR) is 90.3 cm³/mol. The van der Waals surface area contributed by atoms with Crippen LogP contribution >= 0.6 is 23.4 Å². The summed E-state index contributed by atoms with van der Waals surface area (Å²) in [6, 6.07) is 4.78. The van der Waals surface area contributed by atoms with Gasteiger partial charge in [0.2, 0.25) is 0 Å².